The van der Waals surface area contributed by atoms with E-state index < -0.39 is 0 Å². The summed E-state index contributed by atoms with van der Waals surface area (Å²) in [6.45, 7) is 4.24. The number of benzene rings is 1. The van der Waals surface area contributed by atoms with Crippen LogP contribution in [0.2, 0.25) is 0 Å². The highest BCUT2D eigenvalue weighted by Gasteiger charge is 1.93. The average molecular weight is 167 g/mol. The largest absolute Gasteiger partial charge is 0.263 e. The van der Waals surface area contributed by atoms with Gasteiger partial charge in [-0.05, 0) is 56.1 Å². The number of nitrogens with one attached hydrogen (secondary N) is 1. The highest BCUT2D eigenvalue weighted by atomic mass is 32.2. The summed E-state index contributed by atoms with van der Waals surface area (Å²) in [7, 11) is 1.93. The van der Waals surface area contributed by atoms with Gasteiger partial charge < -0.3 is 0 Å². The van der Waals surface area contributed by atoms with Crippen molar-refractivity contribution >= 4 is 11.9 Å². The van der Waals surface area contributed by atoms with Crippen LogP contribution in [0.1, 0.15) is 11.1 Å². The third-order valence-electron chi connectivity index (χ3n) is 1.42. The van der Waals surface area contributed by atoms with E-state index in [-0.39, 0.29) is 0 Å². The Hall–Kier alpha value is -0.470. The Morgan fingerprint density at radius 2 is 1.64 bits per heavy atom. The van der Waals surface area contributed by atoms with E-state index in [2.05, 4.69) is 36.8 Å². The van der Waals surface area contributed by atoms with Gasteiger partial charge in [0.05, 0.1) is 0 Å². The number of rotatable bonds is 2. The van der Waals surface area contributed by atoms with Gasteiger partial charge in [0.25, 0.3) is 0 Å². The molecule has 0 radical (unpaired) electrons. The Bertz CT molecular complexity index is 225. The first-order valence-electron chi connectivity index (χ1n) is 3.64. The quantitative estimate of drug-likeness (QED) is 0.679. The molecule has 0 atom stereocenters. The first-order chi connectivity index (χ1) is 5.22. The molecule has 2 heteroatoms. The van der Waals surface area contributed by atoms with Crippen molar-refractivity contribution in [3.63, 3.8) is 0 Å². The highest BCUT2D eigenvalue weighted by molar-refractivity contribution is 7.97. The van der Waals surface area contributed by atoms with E-state index in [1.54, 1.807) is 11.9 Å². The van der Waals surface area contributed by atoms with Gasteiger partial charge in [-0.2, -0.15) is 0 Å². The van der Waals surface area contributed by atoms with Crippen LogP contribution >= 0.6 is 11.9 Å². The molecule has 1 nitrogen and oxygen atoms in total. The lowest BCUT2D eigenvalue weighted by atomic mass is 10.2. The van der Waals surface area contributed by atoms with Crippen molar-refractivity contribution in [1.82, 2.24) is 4.72 Å². The van der Waals surface area contributed by atoms with Crippen molar-refractivity contribution in [3.05, 3.63) is 29.3 Å². The van der Waals surface area contributed by atoms with Crippen molar-refractivity contribution in [3.8, 4) is 0 Å². The topological polar surface area (TPSA) is 12.0 Å². The minimum absolute atomic E-state index is 1.28. The molecule has 0 aromatic heterocycles. The summed E-state index contributed by atoms with van der Waals surface area (Å²) in [4.78, 5) is 1.28. The molecule has 0 spiro atoms. The Kier molecular flexibility index (Phi) is 2.97. The normalized spacial score (nSPS) is 10.1. The molecule has 1 aromatic rings. The number of hydrogen-bond acceptors (Lipinski definition) is 2. The van der Waals surface area contributed by atoms with Crippen LogP contribution in [0.15, 0.2) is 23.1 Å². The Morgan fingerprint density at radius 3 is 2.09 bits per heavy atom. The molecule has 0 bridgehead atoms. The first-order valence-corrected chi connectivity index (χ1v) is 4.46. The van der Waals surface area contributed by atoms with Crippen molar-refractivity contribution in [1.29, 1.82) is 0 Å². The molecule has 11 heavy (non-hydrogen) atoms. The SMILES string of the molecule is CNSc1cc(C)cc(C)c1. The van der Waals surface area contributed by atoms with E-state index in [0.29, 0.717) is 0 Å². The van der Waals surface area contributed by atoms with E-state index in [1.807, 2.05) is 7.05 Å². The fraction of sp³-hybridized carbons (Fsp3) is 0.333. The van der Waals surface area contributed by atoms with Crippen molar-refractivity contribution in [2.45, 2.75) is 18.7 Å². The fourth-order valence-corrected chi connectivity index (χ4v) is 1.84. The smallest absolute Gasteiger partial charge is 0.0233 e. The van der Waals surface area contributed by atoms with Crippen molar-refractivity contribution in [2.75, 3.05) is 7.05 Å². The highest BCUT2D eigenvalue weighted by Crippen LogP contribution is 2.17. The Labute approximate surface area is 72.3 Å². The Balaban J connectivity index is 2.89. The molecule has 1 rings (SSSR count). The molecule has 0 saturated carbocycles. The van der Waals surface area contributed by atoms with Gasteiger partial charge >= 0.3 is 0 Å². The predicted octanol–water partition coefficient (Wildman–Crippen LogP) is 2.53. The van der Waals surface area contributed by atoms with Gasteiger partial charge in [-0.25, -0.2) is 0 Å². The lowest BCUT2D eigenvalue weighted by Gasteiger charge is -2.02. The van der Waals surface area contributed by atoms with Crippen LogP contribution in [-0.2, 0) is 0 Å². The van der Waals surface area contributed by atoms with Gasteiger partial charge in [0.2, 0.25) is 0 Å². The van der Waals surface area contributed by atoms with E-state index in [0.717, 1.165) is 0 Å². The molecule has 0 unspecified atom stereocenters. The summed E-state index contributed by atoms with van der Waals surface area (Å²) in [5.74, 6) is 0. The lowest BCUT2D eigenvalue weighted by Crippen LogP contribution is -1.91. The Morgan fingerprint density at radius 1 is 1.09 bits per heavy atom. The minimum Gasteiger partial charge on any atom is -0.263 e. The third kappa shape index (κ3) is 2.56. The van der Waals surface area contributed by atoms with E-state index >= 15 is 0 Å². The number of hydrogen-bond donors (Lipinski definition) is 1. The molecule has 1 aromatic carbocycles. The van der Waals surface area contributed by atoms with Crippen LogP contribution < -0.4 is 4.72 Å². The van der Waals surface area contributed by atoms with Gasteiger partial charge in [-0.1, -0.05) is 6.07 Å². The van der Waals surface area contributed by atoms with Crippen LogP contribution in [0.4, 0.5) is 0 Å². The first kappa shape index (κ1) is 8.62. The number of aryl methyl sites for hydroxylation is 2. The maximum atomic E-state index is 3.06. The molecule has 0 aliphatic carbocycles. The molecule has 0 aliphatic heterocycles. The second-order valence-corrected chi connectivity index (χ2v) is 3.71. The molecule has 0 heterocycles. The lowest BCUT2D eigenvalue weighted by molar-refractivity contribution is 1.25. The molecule has 0 saturated heterocycles. The maximum Gasteiger partial charge on any atom is 0.0233 e. The second-order valence-electron chi connectivity index (χ2n) is 2.63. The van der Waals surface area contributed by atoms with Crippen LogP contribution in [0, 0.1) is 13.8 Å². The summed E-state index contributed by atoms with van der Waals surface area (Å²) in [5.41, 5.74) is 2.64. The molecule has 0 fully saturated rings. The average Bonchev–Trinajstić information content (AvgIpc) is 1.85. The molecule has 1 N–H and O–H groups in total. The van der Waals surface area contributed by atoms with Gasteiger partial charge in [0.1, 0.15) is 0 Å². The molecular formula is C9H13NS. The molecule has 0 aliphatic rings. The van der Waals surface area contributed by atoms with E-state index in [1.165, 1.54) is 16.0 Å². The van der Waals surface area contributed by atoms with Crippen LogP contribution in [0.25, 0.3) is 0 Å². The predicted molar refractivity (Wildman–Crippen MR) is 50.8 cm³/mol. The van der Waals surface area contributed by atoms with Gasteiger partial charge in [0.15, 0.2) is 0 Å². The maximum absolute atomic E-state index is 3.06. The fourth-order valence-electron chi connectivity index (χ4n) is 1.11. The van der Waals surface area contributed by atoms with Crippen LogP contribution in [0.3, 0.4) is 0 Å². The zero-order valence-corrected chi connectivity index (χ0v) is 7.96. The zero-order valence-electron chi connectivity index (χ0n) is 7.14. The molecule has 60 valence electrons. The standard InChI is InChI=1S/C9H13NS/c1-7-4-8(2)6-9(5-7)11-10-3/h4-6,10H,1-3H3. The molecular weight excluding hydrogens is 154 g/mol. The summed E-state index contributed by atoms with van der Waals surface area (Å²) < 4.78 is 3.06. The van der Waals surface area contributed by atoms with Gasteiger partial charge in [-0.15, -0.1) is 0 Å². The van der Waals surface area contributed by atoms with Gasteiger partial charge in [-0.3, -0.25) is 4.72 Å². The van der Waals surface area contributed by atoms with E-state index in [4.69, 9.17) is 0 Å². The molecule has 0 amide bonds. The third-order valence-corrected chi connectivity index (χ3v) is 2.09. The summed E-state index contributed by atoms with van der Waals surface area (Å²) in [5, 5.41) is 0. The van der Waals surface area contributed by atoms with Gasteiger partial charge in [0, 0.05) is 4.90 Å². The van der Waals surface area contributed by atoms with Crippen LogP contribution in [-0.4, -0.2) is 7.05 Å². The summed E-state index contributed by atoms with van der Waals surface area (Å²) >= 11 is 1.65. The zero-order chi connectivity index (χ0) is 8.27. The van der Waals surface area contributed by atoms with E-state index in [9.17, 15) is 0 Å². The summed E-state index contributed by atoms with van der Waals surface area (Å²) in [6.07, 6.45) is 0. The minimum atomic E-state index is 1.28. The van der Waals surface area contributed by atoms with Crippen molar-refractivity contribution < 1.29 is 0 Å². The van der Waals surface area contributed by atoms with Crippen molar-refractivity contribution in [2.24, 2.45) is 0 Å². The summed E-state index contributed by atoms with van der Waals surface area (Å²) in [6, 6.07) is 6.53. The van der Waals surface area contributed by atoms with Crippen LogP contribution in [0.5, 0.6) is 0 Å². The monoisotopic (exact) mass is 167 g/mol. The second kappa shape index (κ2) is 3.79.